The molecule has 0 radical (unpaired) electrons. The molecule has 0 aromatic heterocycles. The molecule has 0 saturated heterocycles. The number of anilines is 1. The van der Waals surface area contributed by atoms with Gasteiger partial charge in [-0.15, -0.1) is 0 Å². The Labute approximate surface area is 138 Å². The van der Waals surface area contributed by atoms with Crippen LogP contribution in [0.15, 0.2) is 18.2 Å². The van der Waals surface area contributed by atoms with Gasteiger partial charge in [-0.3, -0.25) is 0 Å². The molecule has 20 heavy (non-hydrogen) atoms. The Kier molecular flexibility index (Phi) is 10.2. The summed E-state index contributed by atoms with van der Waals surface area (Å²) in [4.78, 5) is 0. The van der Waals surface area contributed by atoms with Crippen LogP contribution in [0.5, 0.6) is 0 Å². The highest BCUT2D eigenvalue weighted by atomic mass is 127. The Balaban J connectivity index is 1.98. The van der Waals surface area contributed by atoms with Crippen molar-refractivity contribution in [2.24, 2.45) is 0 Å². The molecule has 0 amide bonds. The van der Waals surface area contributed by atoms with Crippen molar-refractivity contribution >= 4 is 28.3 Å². The van der Waals surface area contributed by atoms with Crippen molar-refractivity contribution in [1.29, 1.82) is 0 Å². The quantitative estimate of drug-likeness (QED) is 0.268. The maximum absolute atomic E-state index is 6.01. The normalized spacial score (nSPS) is 10.9. The third kappa shape index (κ3) is 8.13. The first-order valence-corrected chi connectivity index (χ1v) is 9.36. The summed E-state index contributed by atoms with van der Waals surface area (Å²) in [5, 5.41) is 0. The average molecular weight is 387 g/mol. The van der Waals surface area contributed by atoms with E-state index in [1.807, 2.05) is 6.07 Å². The van der Waals surface area contributed by atoms with Crippen molar-refractivity contribution in [3.63, 3.8) is 0 Å². The predicted molar refractivity (Wildman–Crippen MR) is 99.1 cm³/mol. The van der Waals surface area contributed by atoms with Gasteiger partial charge in [0.1, 0.15) is 0 Å². The van der Waals surface area contributed by atoms with Gasteiger partial charge in [0.05, 0.1) is 0 Å². The van der Waals surface area contributed by atoms with Gasteiger partial charge in [0.25, 0.3) is 0 Å². The minimum Gasteiger partial charge on any atom is -0.399 e. The van der Waals surface area contributed by atoms with Gasteiger partial charge in [0.2, 0.25) is 0 Å². The molecule has 2 N–H and O–H groups in total. The van der Waals surface area contributed by atoms with Crippen LogP contribution in [0.4, 0.5) is 5.69 Å². The molecule has 0 aliphatic carbocycles. The van der Waals surface area contributed by atoms with Gasteiger partial charge in [-0.05, 0) is 59.2 Å². The highest BCUT2D eigenvalue weighted by Crippen LogP contribution is 2.19. The van der Waals surface area contributed by atoms with E-state index in [1.54, 1.807) is 0 Å². The van der Waals surface area contributed by atoms with E-state index < -0.39 is 0 Å². The zero-order chi connectivity index (χ0) is 14.6. The van der Waals surface area contributed by atoms with Crippen LogP contribution >= 0.6 is 22.6 Å². The molecule has 0 saturated carbocycles. The molecule has 1 nitrogen and oxygen atoms in total. The van der Waals surface area contributed by atoms with Crippen molar-refractivity contribution in [3.05, 3.63) is 27.3 Å². The molecule has 0 spiro atoms. The zero-order valence-electron chi connectivity index (χ0n) is 13.0. The highest BCUT2D eigenvalue weighted by Gasteiger charge is 2.00. The first-order valence-electron chi connectivity index (χ1n) is 8.28. The number of aryl methyl sites for hydroxylation is 1. The summed E-state index contributed by atoms with van der Waals surface area (Å²) in [5.74, 6) is 0. The standard InChI is InChI=1S/C18H30IN/c1-2-3-4-5-6-7-8-9-10-11-12-16-15-17(19)13-14-18(16)20/h13-15H,2-12,20H2,1H3. The fourth-order valence-corrected chi connectivity index (χ4v) is 3.15. The summed E-state index contributed by atoms with van der Waals surface area (Å²) in [7, 11) is 0. The molecular weight excluding hydrogens is 357 g/mol. The molecule has 1 aromatic carbocycles. The molecule has 0 aliphatic rings. The number of hydrogen-bond acceptors (Lipinski definition) is 1. The van der Waals surface area contributed by atoms with Crippen molar-refractivity contribution in [3.8, 4) is 0 Å². The molecule has 0 heterocycles. The van der Waals surface area contributed by atoms with Crippen LogP contribution in [-0.2, 0) is 6.42 Å². The number of hydrogen-bond donors (Lipinski definition) is 1. The monoisotopic (exact) mass is 387 g/mol. The smallest absolute Gasteiger partial charge is 0.0347 e. The predicted octanol–water partition coefficient (Wildman–Crippen LogP) is 6.34. The SMILES string of the molecule is CCCCCCCCCCCCc1cc(I)ccc1N. The van der Waals surface area contributed by atoms with Crippen LogP contribution in [0, 0.1) is 3.57 Å². The molecule has 0 atom stereocenters. The molecule has 0 aliphatic heterocycles. The lowest BCUT2D eigenvalue weighted by Crippen LogP contribution is -1.95. The van der Waals surface area contributed by atoms with Gasteiger partial charge in [0.15, 0.2) is 0 Å². The lowest BCUT2D eigenvalue weighted by atomic mass is 10.0. The second kappa shape index (κ2) is 11.4. The summed E-state index contributed by atoms with van der Waals surface area (Å²) in [6, 6.07) is 6.34. The number of benzene rings is 1. The number of nitrogen functional groups attached to an aromatic ring is 1. The van der Waals surface area contributed by atoms with Crippen molar-refractivity contribution in [2.75, 3.05) is 5.73 Å². The van der Waals surface area contributed by atoms with Crippen molar-refractivity contribution in [1.82, 2.24) is 0 Å². The third-order valence-electron chi connectivity index (χ3n) is 3.90. The van der Waals surface area contributed by atoms with Crippen LogP contribution < -0.4 is 5.73 Å². The van der Waals surface area contributed by atoms with E-state index >= 15 is 0 Å². The van der Waals surface area contributed by atoms with Crippen LogP contribution in [0.25, 0.3) is 0 Å². The van der Waals surface area contributed by atoms with Gasteiger partial charge in [-0.2, -0.15) is 0 Å². The summed E-state index contributed by atoms with van der Waals surface area (Å²) in [6.07, 6.45) is 15.1. The van der Waals surface area contributed by atoms with Gasteiger partial charge in [-0.25, -0.2) is 0 Å². The van der Waals surface area contributed by atoms with Crippen molar-refractivity contribution < 1.29 is 0 Å². The lowest BCUT2D eigenvalue weighted by molar-refractivity contribution is 0.556. The van der Waals surface area contributed by atoms with Crippen molar-refractivity contribution in [2.45, 2.75) is 77.6 Å². The molecule has 114 valence electrons. The van der Waals surface area contributed by atoms with E-state index in [9.17, 15) is 0 Å². The second-order valence-corrected chi connectivity index (χ2v) is 7.02. The number of nitrogens with two attached hydrogens (primary N) is 1. The molecule has 1 rings (SSSR count). The third-order valence-corrected chi connectivity index (χ3v) is 4.58. The zero-order valence-corrected chi connectivity index (χ0v) is 15.1. The topological polar surface area (TPSA) is 26.0 Å². The fraction of sp³-hybridized carbons (Fsp3) is 0.667. The maximum Gasteiger partial charge on any atom is 0.0347 e. The maximum atomic E-state index is 6.01. The number of unbranched alkanes of at least 4 members (excludes halogenated alkanes) is 9. The van der Waals surface area contributed by atoms with Crippen LogP contribution in [0.1, 0.15) is 76.7 Å². The van der Waals surface area contributed by atoms with Gasteiger partial charge >= 0.3 is 0 Å². The average Bonchev–Trinajstić information content (AvgIpc) is 2.44. The minimum atomic E-state index is 0.960. The summed E-state index contributed by atoms with van der Waals surface area (Å²) >= 11 is 2.36. The summed E-state index contributed by atoms with van der Waals surface area (Å²) in [5.41, 5.74) is 8.30. The van der Waals surface area contributed by atoms with Gasteiger partial charge in [0, 0.05) is 9.26 Å². The minimum absolute atomic E-state index is 0.960. The van der Waals surface area contributed by atoms with E-state index in [4.69, 9.17) is 5.73 Å². The van der Waals surface area contributed by atoms with Crippen LogP contribution in [0.2, 0.25) is 0 Å². The molecule has 0 fully saturated rings. The van der Waals surface area contributed by atoms with Gasteiger partial charge in [-0.1, -0.05) is 64.7 Å². The Bertz CT molecular complexity index is 362. The lowest BCUT2D eigenvalue weighted by Gasteiger charge is -2.06. The van der Waals surface area contributed by atoms with E-state index in [0.29, 0.717) is 0 Å². The van der Waals surface area contributed by atoms with Crippen LogP contribution in [0.3, 0.4) is 0 Å². The van der Waals surface area contributed by atoms with E-state index in [2.05, 4.69) is 41.6 Å². The number of halogens is 1. The Morgan fingerprint density at radius 2 is 1.40 bits per heavy atom. The Morgan fingerprint density at radius 1 is 0.850 bits per heavy atom. The first kappa shape index (κ1) is 17.8. The summed E-state index contributed by atoms with van der Waals surface area (Å²) < 4.78 is 1.29. The molecule has 2 heteroatoms. The molecular formula is C18H30IN. The fourth-order valence-electron chi connectivity index (χ4n) is 2.59. The molecule has 0 bridgehead atoms. The first-order chi connectivity index (χ1) is 9.74. The Hall–Kier alpha value is -0.250. The number of rotatable bonds is 11. The molecule has 0 unspecified atom stereocenters. The van der Waals surface area contributed by atoms with E-state index in [0.717, 1.165) is 12.1 Å². The van der Waals surface area contributed by atoms with E-state index in [-0.39, 0.29) is 0 Å². The van der Waals surface area contributed by atoms with Crippen LogP contribution in [-0.4, -0.2) is 0 Å². The second-order valence-electron chi connectivity index (χ2n) is 5.78. The van der Waals surface area contributed by atoms with E-state index in [1.165, 1.54) is 73.3 Å². The van der Waals surface area contributed by atoms with Gasteiger partial charge < -0.3 is 5.73 Å². The Morgan fingerprint density at radius 3 is 2.00 bits per heavy atom. The highest BCUT2D eigenvalue weighted by molar-refractivity contribution is 14.1. The summed E-state index contributed by atoms with van der Waals surface area (Å²) in [6.45, 7) is 2.28. The largest absolute Gasteiger partial charge is 0.399 e. The molecule has 1 aromatic rings.